The number of fused-ring (bicyclic) bond motifs is 1. The molecule has 0 saturated heterocycles. The summed E-state index contributed by atoms with van der Waals surface area (Å²) < 4.78 is 1.74. The molecule has 0 aliphatic rings. The molecule has 0 aliphatic carbocycles. The average molecular weight is 542 g/mol. The van der Waals surface area contributed by atoms with Crippen LogP contribution in [0.1, 0.15) is 19.4 Å². The molecule has 4 rings (SSSR count). The molecule has 0 fully saturated rings. The van der Waals surface area contributed by atoms with Crippen LogP contribution in [0.25, 0.3) is 33.4 Å². The Morgan fingerprint density at radius 1 is 1.00 bits per heavy atom. The third-order valence-electron chi connectivity index (χ3n) is 5.74. The second kappa shape index (κ2) is 10.6. The largest absolute Gasteiger partial charge is 0.369 e. The van der Waals surface area contributed by atoms with Crippen LogP contribution in [0.4, 0.5) is 5.69 Å². The van der Waals surface area contributed by atoms with E-state index in [9.17, 15) is 4.79 Å². The molecular formula is C28H27Cl3N4O. The lowest BCUT2D eigenvalue weighted by Crippen LogP contribution is -2.26. The first-order valence-corrected chi connectivity index (χ1v) is 12.7. The highest BCUT2D eigenvalue weighted by atomic mass is 35.5. The lowest BCUT2D eigenvalue weighted by atomic mass is 9.97. The Morgan fingerprint density at radius 2 is 1.67 bits per heavy atom. The van der Waals surface area contributed by atoms with E-state index in [0.29, 0.717) is 44.2 Å². The minimum Gasteiger partial charge on any atom is -0.369 e. The fourth-order valence-electron chi connectivity index (χ4n) is 4.10. The third kappa shape index (κ3) is 5.29. The number of rotatable bonds is 6. The molecule has 2 aromatic carbocycles. The van der Waals surface area contributed by atoms with Crippen LogP contribution in [-0.2, 0) is 6.54 Å². The van der Waals surface area contributed by atoms with Crippen LogP contribution in [0.5, 0.6) is 0 Å². The predicted molar refractivity (Wildman–Crippen MR) is 153 cm³/mol. The van der Waals surface area contributed by atoms with Gasteiger partial charge in [-0.2, -0.15) is 0 Å². The van der Waals surface area contributed by atoms with Gasteiger partial charge in [-0.25, -0.2) is 9.98 Å². The highest BCUT2D eigenvalue weighted by molar-refractivity contribution is 6.36. The van der Waals surface area contributed by atoms with Gasteiger partial charge in [0.25, 0.3) is 5.56 Å². The average Bonchev–Trinajstić information content (AvgIpc) is 2.81. The molecule has 186 valence electrons. The molecule has 0 amide bonds. The summed E-state index contributed by atoms with van der Waals surface area (Å²) in [6.45, 7) is 6.48. The maximum atomic E-state index is 13.5. The fourth-order valence-corrected chi connectivity index (χ4v) is 4.72. The van der Waals surface area contributed by atoms with Gasteiger partial charge in [0.05, 0.1) is 22.7 Å². The molecule has 0 unspecified atom stereocenters. The predicted octanol–water partition coefficient (Wildman–Crippen LogP) is 7.88. The van der Waals surface area contributed by atoms with Crippen molar-refractivity contribution in [2.45, 2.75) is 27.3 Å². The molecule has 2 heterocycles. The van der Waals surface area contributed by atoms with Crippen LogP contribution in [0.15, 0.2) is 58.3 Å². The number of aliphatic imine (C=N–C) groups is 1. The lowest BCUT2D eigenvalue weighted by Gasteiger charge is -2.19. The van der Waals surface area contributed by atoms with E-state index in [0.717, 1.165) is 22.1 Å². The van der Waals surface area contributed by atoms with Crippen LogP contribution in [0, 0.1) is 12.8 Å². The summed E-state index contributed by atoms with van der Waals surface area (Å²) in [7, 11) is 3.78. The Labute approximate surface area is 226 Å². The van der Waals surface area contributed by atoms with Gasteiger partial charge < -0.3 is 4.90 Å². The topological polar surface area (TPSA) is 50.5 Å². The zero-order chi connectivity index (χ0) is 26.1. The quantitative estimate of drug-likeness (QED) is 0.184. The van der Waals surface area contributed by atoms with Crippen LogP contribution >= 0.6 is 34.8 Å². The number of pyridine rings is 2. The lowest BCUT2D eigenvalue weighted by molar-refractivity contribution is 0.520. The molecule has 8 heteroatoms. The Balaban J connectivity index is 2.18. The van der Waals surface area contributed by atoms with Crippen molar-refractivity contribution in [2.75, 3.05) is 14.1 Å². The number of nitrogens with zero attached hydrogens (tertiary/aromatic N) is 4. The molecule has 5 nitrogen and oxygen atoms in total. The first-order valence-electron chi connectivity index (χ1n) is 11.6. The van der Waals surface area contributed by atoms with Gasteiger partial charge in [-0.15, -0.1) is 0 Å². The number of aromatic nitrogens is 2. The fraction of sp³-hybridized carbons (Fsp3) is 0.250. The summed E-state index contributed by atoms with van der Waals surface area (Å²) >= 11 is 19.0. The Hall–Kier alpha value is -2.86. The van der Waals surface area contributed by atoms with Crippen molar-refractivity contribution in [2.24, 2.45) is 10.9 Å². The molecule has 0 bridgehead atoms. The van der Waals surface area contributed by atoms with Gasteiger partial charge in [0.15, 0.2) is 0 Å². The Kier molecular flexibility index (Phi) is 7.74. The van der Waals surface area contributed by atoms with E-state index in [-0.39, 0.29) is 11.5 Å². The van der Waals surface area contributed by atoms with Crippen LogP contribution in [0.3, 0.4) is 0 Å². The van der Waals surface area contributed by atoms with Gasteiger partial charge >= 0.3 is 0 Å². The van der Waals surface area contributed by atoms with Crippen LogP contribution in [-0.4, -0.2) is 34.9 Å². The third-order valence-corrected chi connectivity index (χ3v) is 6.54. The van der Waals surface area contributed by atoms with Crippen molar-refractivity contribution in [3.05, 3.63) is 79.5 Å². The smallest absolute Gasteiger partial charge is 0.257 e. The SMILES string of the molecule is Cc1c(/N=C\N(C)C)c2cc(-c3ccc(Cl)cc3)c(-c3ccc(Cl)cc3Cl)nc2n(CC(C)C)c1=O. The summed E-state index contributed by atoms with van der Waals surface area (Å²) in [6.07, 6.45) is 1.69. The number of hydrogen-bond acceptors (Lipinski definition) is 3. The zero-order valence-corrected chi connectivity index (χ0v) is 23.1. The summed E-state index contributed by atoms with van der Waals surface area (Å²) in [6, 6.07) is 14.9. The molecule has 0 radical (unpaired) electrons. The second-order valence-corrected chi connectivity index (χ2v) is 10.7. The minimum absolute atomic E-state index is 0.109. The minimum atomic E-state index is -0.109. The molecule has 4 aromatic rings. The Bertz CT molecular complexity index is 1520. The molecule has 0 aliphatic heterocycles. The van der Waals surface area contributed by atoms with Gasteiger partial charge in [-0.3, -0.25) is 9.36 Å². The molecular weight excluding hydrogens is 515 g/mol. The maximum absolute atomic E-state index is 13.5. The highest BCUT2D eigenvalue weighted by Crippen LogP contribution is 2.40. The number of hydrogen-bond donors (Lipinski definition) is 0. The van der Waals surface area contributed by atoms with Gasteiger partial charge in [-0.1, -0.05) is 60.8 Å². The molecule has 0 spiro atoms. The number of halogens is 3. The van der Waals surface area contributed by atoms with Gasteiger partial charge in [0.2, 0.25) is 0 Å². The molecule has 0 atom stereocenters. The summed E-state index contributed by atoms with van der Waals surface area (Å²) in [5.41, 5.74) is 4.74. The summed E-state index contributed by atoms with van der Waals surface area (Å²) in [5, 5.41) is 2.42. The van der Waals surface area contributed by atoms with Gasteiger partial charge in [0.1, 0.15) is 5.65 Å². The second-order valence-electron chi connectivity index (χ2n) is 9.38. The first kappa shape index (κ1) is 26.2. The van der Waals surface area contributed by atoms with E-state index in [2.05, 4.69) is 18.8 Å². The van der Waals surface area contributed by atoms with E-state index >= 15 is 0 Å². The van der Waals surface area contributed by atoms with Crippen molar-refractivity contribution < 1.29 is 0 Å². The summed E-state index contributed by atoms with van der Waals surface area (Å²) in [5.74, 6) is 0.238. The van der Waals surface area contributed by atoms with E-state index in [1.54, 1.807) is 23.0 Å². The molecule has 36 heavy (non-hydrogen) atoms. The van der Waals surface area contributed by atoms with E-state index in [1.807, 2.05) is 62.3 Å². The normalized spacial score (nSPS) is 11.7. The first-order chi connectivity index (χ1) is 17.1. The van der Waals surface area contributed by atoms with E-state index in [1.165, 1.54) is 0 Å². The molecule has 0 saturated carbocycles. The van der Waals surface area contributed by atoms with Crippen molar-refractivity contribution in [3.8, 4) is 22.4 Å². The van der Waals surface area contributed by atoms with Crippen molar-refractivity contribution in [3.63, 3.8) is 0 Å². The number of benzene rings is 2. The molecule has 2 aromatic heterocycles. The zero-order valence-electron chi connectivity index (χ0n) is 20.8. The van der Waals surface area contributed by atoms with Crippen molar-refractivity contribution in [1.29, 1.82) is 0 Å². The van der Waals surface area contributed by atoms with Crippen molar-refractivity contribution >= 4 is 57.9 Å². The monoisotopic (exact) mass is 540 g/mol. The highest BCUT2D eigenvalue weighted by Gasteiger charge is 2.21. The van der Waals surface area contributed by atoms with Gasteiger partial charge in [-0.05, 0) is 54.8 Å². The maximum Gasteiger partial charge on any atom is 0.257 e. The Morgan fingerprint density at radius 3 is 2.28 bits per heavy atom. The van der Waals surface area contributed by atoms with Crippen LogP contribution in [0.2, 0.25) is 15.1 Å². The summed E-state index contributed by atoms with van der Waals surface area (Å²) in [4.78, 5) is 25.1. The standard InChI is InChI=1S/C28H27Cl3N4O/c1-16(2)14-35-27-23(25(17(3)28(35)36)32-15-34(4)5)13-22(18-6-8-19(29)9-7-18)26(33-27)21-11-10-20(30)12-24(21)31/h6-13,15-16H,14H2,1-5H3/b32-15-. The van der Waals surface area contributed by atoms with E-state index in [4.69, 9.17) is 39.8 Å². The van der Waals surface area contributed by atoms with Crippen molar-refractivity contribution in [1.82, 2.24) is 14.5 Å². The van der Waals surface area contributed by atoms with Gasteiger partial charge in [0, 0.05) is 52.8 Å². The van der Waals surface area contributed by atoms with Crippen LogP contribution < -0.4 is 5.56 Å². The molecule has 0 N–H and O–H groups in total. The van der Waals surface area contributed by atoms with E-state index < -0.39 is 0 Å².